The highest BCUT2D eigenvalue weighted by atomic mass is 19.1. The average molecular weight is 889 g/mol. The quantitative estimate of drug-likeness (QED) is 0.176. The Labute approximate surface area is 391 Å². The summed E-state index contributed by atoms with van der Waals surface area (Å²) in [7, 11) is 0. The van der Waals surface area contributed by atoms with Crippen LogP contribution in [0.4, 0.5) is 8.78 Å². The van der Waals surface area contributed by atoms with Crippen LogP contribution in [0.5, 0.6) is 0 Å². The molecule has 13 aromatic rings. The van der Waals surface area contributed by atoms with Gasteiger partial charge in [0.05, 0.1) is 33.4 Å². The fourth-order valence-electron chi connectivity index (χ4n) is 11.5. The molecule has 0 saturated carbocycles. The number of hydrogen-bond acceptors (Lipinski definition) is 2. The Morgan fingerprint density at radius 2 is 0.750 bits per heavy atom. The van der Waals surface area contributed by atoms with Gasteiger partial charge in [0, 0.05) is 54.2 Å². The fourth-order valence-corrected chi connectivity index (χ4v) is 11.5. The normalized spacial score (nSPS) is 12.7. The second kappa shape index (κ2) is 14.3. The van der Waals surface area contributed by atoms with Crippen LogP contribution in [0.25, 0.3) is 121 Å². The first-order chi connectivity index (χ1) is 32.9. The second-order valence-electron chi connectivity index (χ2n) is 20.3. The lowest BCUT2D eigenvalue weighted by atomic mass is 9.71. The zero-order chi connectivity index (χ0) is 46.4. The number of benzene rings is 9. The number of hydrogen-bond donors (Lipinski definition) is 0. The molecule has 0 spiro atoms. The second-order valence-corrected chi connectivity index (χ2v) is 20.3. The van der Waals surface area contributed by atoms with E-state index in [2.05, 4.69) is 148 Å². The third-order valence-corrected chi connectivity index (χ3v) is 14.0. The molecule has 0 fully saturated rings. The Hall–Kier alpha value is -7.96. The van der Waals surface area contributed by atoms with Gasteiger partial charge in [-0.15, -0.1) is 0 Å². The van der Waals surface area contributed by atoms with E-state index in [1.54, 1.807) is 24.3 Å². The number of furan rings is 2. The average Bonchev–Trinajstić information content (AvgIpc) is 4.07. The molecule has 0 radical (unpaired) electrons. The maximum atomic E-state index is 16.2. The number of rotatable bonds is 4. The van der Waals surface area contributed by atoms with E-state index in [-0.39, 0.29) is 11.6 Å². The van der Waals surface area contributed by atoms with Crippen molar-refractivity contribution in [3.05, 3.63) is 193 Å². The first-order valence-electron chi connectivity index (χ1n) is 23.3. The van der Waals surface area contributed by atoms with Gasteiger partial charge in [0.1, 0.15) is 34.0 Å². The van der Waals surface area contributed by atoms with E-state index in [9.17, 15) is 0 Å². The molecule has 4 nitrogen and oxygen atoms in total. The number of para-hydroxylation sites is 4. The van der Waals surface area contributed by atoms with Gasteiger partial charge in [-0.05, 0) is 106 Å². The highest BCUT2D eigenvalue weighted by Crippen LogP contribution is 2.55. The molecule has 0 unspecified atom stereocenters. The molecule has 0 aliphatic carbocycles. The van der Waals surface area contributed by atoms with E-state index in [0.717, 1.165) is 121 Å². The monoisotopic (exact) mass is 888 g/mol. The summed E-state index contributed by atoms with van der Waals surface area (Å²) < 4.78 is 50.4. The van der Waals surface area contributed by atoms with Crippen molar-refractivity contribution >= 4 is 87.5 Å². The third kappa shape index (κ3) is 5.70. The van der Waals surface area contributed by atoms with Crippen molar-refractivity contribution in [3.63, 3.8) is 0 Å². The smallest absolute Gasteiger partial charge is 0.136 e. The lowest BCUT2D eigenvalue weighted by Crippen LogP contribution is -2.26. The highest BCUT2D eigenvalue weighted by Gasteiger charge is 2.39. The Morgan fingerprint density at radius 3 is 1.18 bits per heavy atom. The SMILES string of the molecule is CC(C)(C)c1c(-c2cccc(F)c2)c(-n2c3ccccc3c3c4c(ccc32)oc2ccccc24)c(-c2cccc(F)c2)c(C(C)(C)C)c1-n1c2ccccc2c2c3c(ccc21)oc1ccccc13. The van der Waals surface area contributed by atoms with E-state index in [4.69, 9.17) is 8.83 Å². The van der Waals surface area contributed by atoms with E-state index in [0.29, 0.717) is 11.1 Å². The van der Waals surface area contributed by atoms with Gasteiger partial charge in [-0.3, -0.25) is 0 Å². The minimum Gasteiger partial charge on any atom is -0.456 e. The molecule has 0 atom stereocenters. The Bertz CT molecular complexity index is 4170. The molecule has 4 aromatic heterocycles. The van der Waals surface area contributed by atoms with Crippen LogP contribution in [0.1, 0.15) is 52.7 Å². The third-order valence-electron chi connectivity index (χ3n) is 14.0. The predicted molar refractivity (Wildman–Crippen MR) is 278 cm³/mol. The maximum Gasteiger partial charge on any atom is 0.136 e. The molecule has 0 N–H and O–H groups in total. The lowest BCUT2D eigenvalue weighted by Gasteiger charge is -2.38. The molecule has 9 aromatic carbocycles. The molecule has 0 aliphatic heterocycles. The summed E-state index contributed by atoms with van der Waals surface area (Å²) in [5.74, 6) is -0.691. The van der Waals surface area contributed by atoms with E-state index < -0.39 is 10.8 Å². The zero-order valence-corrected chi connectivity index (χ0v) is 38.6. The number of halogens is 2. The number of fused-ring (bicyclic) bond motifs is 14. The van der Waals surface area contributed by atoms with E-state index >= 15 is 8.78 Å². The Kier molecular flexibility index (Phi) is 8.46. The van der Waals surface area contributed by atoms with Gasteiger partial charge in [-0.25, -0.2) is 8.78 Å². The molecular formula is C62H46F2N2O2. The summed E-state index contributed by atoms with van der Waals surface area (Å²) in [6, 6.07) is 56.0. The zero-order valence-electron chi connectivity index (χ0n) is 38.6. The number of aromatic nitrogens is 2. The molecule has 0 bridgehead atoms. The summed E-state index contributed by atoms with van der Waals surface area (Å²) in [6.45, 7) is 13.6. The predicted octanol–water partition coefficient (Wildman–Crippen LogP) is 17.9. The standard InChI is InChI=1S/C62H46F2N2O2/c1-61(2,3)57-51(35-17-15-19-37(63)33-35)59(65-43-25-11-7-21-39(43)53-45(65)29-31-49-55(53)41-23-9-13-27-47(41)67-49)52(36-18-16-20-38(64)34-36)58(62(4,5)6)60(57)66-44-26-12-8-22-40(44)54-46(66)30-32-50-56(54)42-24-10-14-28-48(42)68-50/h7-34H,1-6H3. The van der Waals surface area contributed by atoms with Gasteiger partial charge >= 0.3 is 0 Å². The molecule has 330 valence electrons. The van der Waals surface area contributed by atoms with Gasteiger partial charge in [0.2, 0.25) is 0 Å². The van der Waals surface area contributed by atoms with Crippen molar-refractivity contribution in [1.82, 2.24) is 9.13 Å². The van der Waals surface area contributed by atoms with Crippen LogP contribution in [0, 0.1) is 11.6 Å². The van der Waals surface area contributed by atoms with Crippen molar-refractivity contribution < 1.29 is 17.6 Å². The van der Waals surface area contributed by atoms with Crippen molar-refractivity contribution in [2.24, 2.45) is 0 Å². The van der Waals surface area contributed by atoms with Crippen LogP contribution in [0.3, 0.4) is 0 Å². The number of nitrogens with zero attached hydrogens (tertiary/aromatic N) is 2. The minimum absolute atomic E-state index is 0.345. The minimum atomic E-state index is -0.566. The molecule has 0 saturated heterocycles. The van der Waals surface area contributed by atoms with Gasteiger partial charge < -0.3 is 18.0 Å². The fraction of sp³-hybridized carbons (Fsp3) is 0.129. The first-order valence-corrected chi connectivity index (χ1v) is 23.3. The van der Waals surface area contributed by atoms with Crippen LogP contribution in [0.15, 0.2) is 179 Å². The van der Waals surface area contributed by atoms with Gasteiger partial charge in [0.15, 0.2) is 0 Å². The van der Waals surface area contributed by atoms with Crippen LogP contribution in [0.2, 0.25) is 0 Å². The first kappa shape index (κ1) is 40.3. The molecule has 6 heteroatoms. The largest absolute Gasteiger partial charge is 0.456 e. The van der Waals surface area contributed by atoms with Crippen LogP contribution in [-0.2, 0) is 10.8 Å². The summed E-state index contributed by atoms with van der Waals surface area (Å²) in [4.78, 5) is 0. The summed E-state index contributed by atoms with van der Waals surface area (Å²) in [5, 5.41) is 8.43. The van der Waals surface area contributed by atoms with Gasteiger partial charge in [-0.2, -0.15) is 0 Å². The Balaban J connectivity index is 1.34. The van der Waals surface area contributed by atoms with Crippen molar-refractivity contribution in [2.75, 3.05) is 0 Å². The summed E-state index contributed by atoms with van der Waals surface area (Å²) in [6.07, 6.45) is 0. The molecule has 13 rings (SSSR count). The van der Waals surface area contributed by atoms with Crippen LogP contribution < -0.4 is 0 Å². The van der Waals surface area contributed by atoms with Gasteiger partial charge in [0.25, 0.3) is 0 Å². The molecule has 68 heavy (non-hydrogen) atoms. The topological polar surface area (TPSA) is 36.1 Å². The van der Waals surface area contributed by atoms with Crippen molar-refractivity contribution in [1.29, 1.82) is 0 Å². The summed E-state index contributed by atoms with van der Waals surface area (Å²) >= 11 is 0. The lowest BCUT2D eigenvalue weighted by molar-refractivity contribution is 0.565. The van der Waals surface area contributed by atoms with Gasteiger partial charge in [-0.1, -0.05) is 139 Å². The summed E-state index contributed by atoms with van der Waals surface area (Å²) in [5.41, 5.74) is 13.1. The van der Waals surface area contributed by atoms with Crippen LogP contribution >= 0.6 is 0 Å². The molecule has 0 amide bonds. The van der Waals surface area contributed by atoms with E-state index in [1.165, 1.54) is 12.1 Å². The van der Waals surface area contributed by atoms with Crippen LogP contribution in [-0.4, -0.2) is 9.13 Å². The maximum absolute atomic E-state index is 16.2. The molecule has 0 aliphatic rings. The highest BCUT2D eigenvalue weighted by molar-refractivity contribution is 6.29. The molecular weight excluding hydrogens is 843 g/mol. The molecule has 4 heterocycles. The van der Waals surface area contributed by atoms with E-state index in [1.807, 2.05) is 36.4 Å². The van der Waals surface area contributed by atoms with Crippen molar-refractivity contribution in [3.8, 4) is 33.6 Å². The van der Waals surface area contributed by atoms with Crippen molar-refractivity contribution in [2.45, 2.75) is 52.4 Å². The Morgan fingerprint density at radius 1 is 0.353 bits per heavy atom.